The first-order valence-electron chi connectivity index (χ1n) is 9.24. The molecule has 3 rings (SSSR count). The Balaban J connectivity index is 1.86. The van der Waals surface area contributed by atoms with Crippen LogP contribution in [-0.4, -0.2) is 34.7 Å². The van der Waals surface area contributed by atoms with Crippen LogP contribution < -0.4 is 24.2 Å². The van der Waals surface area contributed by atoms with Gasteiger partial charge in [-0.25, -0.2) is 22.2 Å². The number of nitrogens with zero attached hydrogens (tertiary/aromatic N) is 1. The number of sulfonamides is 1. The average molecular weight is 465 g/mol. The van der Waals surface area contributed by atoms with Gasteiger partial charge in [-0.15, -0.1) is 0 Å². The van der Waals surface area contributed by atoms with Crippen LogP contribution in [0.5, 0.6) is 17.2 Å². The molecule has 2 aromatic carbocycles. The Bertz CT molecular complexity index is 1200. The highest BCUT2D eigenvalue weighted by molar-refractivity contribution is 7.92. The van der Waals surface area contributed by atoms with Crippen LogP contribution in [0.15, 0.2) is 53.6 Å². The third-order valence-electron chi connectivity index (χ3n) is 4.48. The van der Waals surface area contributed by atoms with Crippen molar-refractivity contribution in [3.63, 3.8) is 0 Å². The molecule has 0 atom stereocenters. The SMILES string of the molecule is COc1cc(F)c(CNc2ncccc2S(=O)(=O)Nc2ccc(OC)c(OC)c2)c(F)c1. The van der Waals surface area contributed by atoms with Crippen molar-refractivity contribution in [2.45, 2.75) is 11.4 Å². The number of rotatable bonds is 9. The van der Waals surface area contributed by atoms with Crippen molar-refractivity contribution in [3.8, 4) is 17.2 Å². The van der Waals surface area contributed by atoms with Gasteiger partial charge in [-0.1, -0.05) is 0 Å². The Morgan fingerprint density at radius 1 is 0.938 bits per heavy atom. The van der Waals surface area contributed by atoms with Crippen LogP contribution in [-0.2, 0) is 16.6 Å². The van der Waals surface area contributed by atoms with Crippen LogP contribution in [0, 0.1) is 11.6 Å². The summed E-state index contributed by atoms with van der Waals surface area (Å²) in [6.45, 7) is -0.336. The molecule has 0 fully saturated rings. The van der Waals surface area contributed by atoms with Gasteiger partial charge in [0.2, 0.25) is 0 Å². The zero-order valence-corrected chi connectivity index (χ0v) is 18.3. The van der Waals surface area contributed by atoms with Crippen LogP contribution in [0.3, 0.4) is 0 Å². The predicted octanol–water partition coefficient (Wildman–Crippen LogP) is 3.80. The Morgan fingerprint density at radius 3 is 2.25 bits per heavy atom. The monoisotopic (exact) mass is 465 g/mol. The molecule has 0 saturated heterocycles. The topological polar surface area (TPSA) is 98.8 Å². The minimum atomic E-state index is -4.10. The number of hydrogen-bond donors (Lipinski definition) is 2. The Kier molecular flexibility index (Phi) is 6.98. The summed E-state index contributed by atoms with van der Waals surface area (Å²) in [4.78, 5) is 3.81. The first kappa shape index (κ1) is 23.1. The zero-order chi connectivity index (χ0) is 23.3. The Labute approximate surface area is 184 Å². The highest BCUT2D eigenvalue weighted by atomic mass is 32.2. The van der Waals surface area contributed by atoms with Crippen molar-refractivity contribution in [2.24, 2.45) is 0 Å². The number of benzene rings is 2. The Morgan fingerprint density at radius 2 is 1.62 bits per heavy atom. The van der Waals surface area contributed by atoms with Gasteiger partial charge in [0.1, 0.15) is 28.1 Å². The number of nitrogens with one attached hydrogen (secondary N) is 2. The van der Waals surface area contributed by atoms with Crippen LogP contribution in [0.1, 0.15) is 5.56 Å². The zero-order valence-electron chi connectivity index (χ0n) is 17.5. The summed E-state index contributed by atoms with van der Waals surface area (Å²) < 4.78 is 72.0. The van der Waals surface area contributed by atoms with E-state index in [9.17, 15) is 17.2 Å². The van der Waals surface area contributed by atoms with E-state index in [1.54, 1.807) is 6.07 Å². The third-order valence-corrected chi connectivity index (χ3v) is 5.89. The molecule has 1 heterocycles. The minimum absolute atomic E-state index is 0.0315. The van der Waals surface area contributed by atoms with Crippen molar-refractivity contribution in [2.75, 3.05) is 31.4 Å². The van der Waals surface area contributed by atoms with Gasteiger partial charge in [0.25, 0.3) is 10.0 Å². The molecule has 1 aromatic heterocycles. The molecule has 170 valence electrons. The van der Waals surface area contributed by atoms with Gasteiger partial charge in [-0.05, 0) is 24.3 Å². The van der Waals surface area contributed by atoms with Crippen molar-refractivity contribution in [1.29, 1.82) is 0 Å². The van der Waals surface area contributed by atoms with E-state index in [4.69, 9.17) is 14.2 Å². The van der Waals surface area contributed by atoms with Crippen LogP contribution in [0.25, 0.3) is 0 Å². The molecule has 0 saturated carbocycles. The Hall–Kier alpha value is -3.60. The smallest absolute Gasteiger partial charge is 0.265 e. The van der Waals surface area contributed by atoms with E-state index in [2.05, 4.69) is 15.0 Å². The number of ether oxygens (including phenoxy) is 3. The molecule has 3 aromatic rings. The number of aromatic nitrogens is 1. The fourth-order valence-corrected chi connectivity index (χ4v) is 4.07. The summed E-state index contributed by atoms with van der Waals surface area (Å²) in [5.41, 5.74) is -0.0580. The molecule has 0 aliphatic rings. The van der Waals surface area contributed by atoms with Crippen molar-refractivity contribution in [1.82, 2.24) is 4.98 Å². The summed E-state index contributed by atoms with van der Waals surface area (Å²) in [7, 11) is 0.0809. The molecule has 0 aliphatic carbocycles. The van der Waals surface area contributed by atoms with Gasteiger partial charge in [-0.2, -0.15) is 0 Å². The molecule has 8 nitrogen and oxygen atoms in total. The van der Waals surface area contributed by atoms with Gasteiger partial charge < -0.3 is 19.5 Å². The summed E-state index contributed by atoms with van der Waals surface area (Å²) in [5, 5.41) is 2.69. The molecular weight excluding hydrogens is 444 g/mol. The maximum absolute atomic E-state index is 14.2. The fourth-order valence-electron chi connectivity index (χ4n) is 2.89. The maximum atomic E-state index is 14.2. The van der Waals surface area contributed by atoms with Gasteiger partial charge in [0, 0.05) is 36.5 Å². The fraction of sp³-hybridized carbons (Fsp3) is 0.190. The molecule has 32 heavy (non-hydrogen) atoms. The van der Waals surface area contributed by atoms with E-state index in [0.29, 0.717) is 11.5 Å². The van der Waals surface area contributed by atoms with E-state index in [1.807, 2.05) is 0 Å². The number of pyridine rings is 1. The van der Waals surface area contributed by atoms with E-state index >= 15 is 0 Å². The lowest BCUT2D eigenvalue weighted by molar-refractivity contribution is 0.355. The average Bonchev–Trinajstić information content (AvgIpc) is 2.78. The lowest BCUT2D eigenvalue weighted by Crippen LogP contribution is -2.17. The van der Waals surface area contributed by atoms with Crippen molar-refractivity contribution >= 4 is 21.5 Å². The van der Waals surface area contributed by atoms with E-state index < -0.39 is 21.7 Å². The highest BCUT2D eigenvalue weighted by Gasteiger charge is 2.21. The molecule has 0 radical (unpaired) electrons. The van der Waals surface area contributed by atoms with Gasteiger partial charge >= 0.3 is 0 Å². The first-order valence-corrected chi connectivity index (χ1v) is 10.7. The van der Waals surface area contributed by atoms with E-state index in [0.717, 1.165) is 12.1 Å². The third kappa shape index (κ3) is 4.99. The van der Waals surface area contributed by atoms with Gasteiger partial charge in [0.05, 0.1) is 27.0 Å². The standard InChI is InChI=1S/C21H21F2N3O5S/c1-29-14-10-16(22)15(17(23)11-14)12-25-21-20(5-4-8-24-21)32(27,28)26-13-6-7-18(30-2)19(9-13)31-3/h4-11,26H,12H2,1-3H3,(H,24,25). The highest BCUT2D eigenvalue weighted by Crippen LogP contribution is 2.31. The molecule has 0 unspecified atom stereocenters. The van der Waals surface area contributed by atoms with Gasteiger partial charge in [-0.3, -0.25) is 4.72 Å². The quantitative estimate of drug-likeness (QED) is 0.496. The second-order valence-electron chi connectivity index (χ2n) is 6.45. The van der Waals surface area contributed by atoms with E-state index in [-0.39, 0.29) is 34.3 Å². The summed E-state index contributed by atoms with van der Waals surface area (Å²) >= 11 is 0. The van der Waals surface area contributed by atoms with E-state index in [1.165, 1.54) is 51.8 Å². The minimum Gasteiger partial charge on any atom is -0.497 e. The predicted molar refractivity (Wildman–Crippen MR) is 115 cm³/mol. The maximum Gasteiger partial charge on any atom is 0.265 e. The molecule has 0 aliphatic heterocycles. The summed E-state index contributed by atoms with van der Waals surface area (Å²) in [6, 6.07) is 9.34. The molecule has 2 N–H and O–H groups in total. The van der Waals surface area contributed by atoms with Crippen LogP contribution >= 0.6 is 0 Å². The van der Waals surface area contributed by atoms with Crippen LogP contribution in [0.2, 0.25) is 0 Å². The lowest BCUT2D eigenvalue weighted by atomic mass is 10.2. The molecular formula is C21H21F2N3O5S. The molecule has 0 spiro atoms. The van der Waals surface area contributed by atoms with Crippen molar-refractivity contribution < 1.29 is 31.4 Å². The first-order chi connectivity index (χ1) is 15.3. The van der Waals surface area contributed by atoms with Crippen molar-refractivity contribution in [3.05, 3.63) is 65.9 Å². The number of anilines is 2. The summed E-state index contributed by atoms with van der Waals surface area (Å²) in [6.07, 6.45) is 1.36. The molecule has 11 heteroatoms. The summed E-state index contributed by atoms with van der Waals surface area (Å²) in [5.74, 6) is -0.944. The molecule has 0 amide bonds. The normalized spacial score (nSPS) is 11.0. The molecule has 0 bridgehead atoms. The number of halogens is 2. The second-order valence-corrected chi connectivity index (χ2v) is 8.10. The van der Waals surface area contributed by atoms with Crippen LogP contribution in [0.4, 0.5) is 20.3 Å². The lowest BCUT2D eigenvalue weighted by Gasteiger charge is -2.15. The number of methoxy groups -OCH3 is 3. The van der Waals surface area contributed by atoms with Gasteiger partial charge in [0.15, 0.2) is 11.5 Å². The largest absolute Gasteiger partial charge is 0.497 e. The second kappa shape index (κ2) is 9.69. The number of hydrogen-bond acceptors (Lipinski definition) is 7.